The second-order valence-corrected chi connectivity index (χ2v) is 9.46. The highest BCUT2D eigenvalue weighted by Gasteiger charge is 2.28. The molecule has 0 bridgehead atoms. The van der Waals surface area contributed by atoms with E-state index in [0.29, 0.717) is 31.9 Å². The quantitative estimate of drug-likeness (QED) is 0.703. The summed E-state index contributed by atoms with van der Waals surface area (Å²) in [5, 5.41) is 0. The Balaban J connectivity index is 1.72. The van der Waals surface area contributed by atoms with Crippen molar-refractivity contribution >= 4 is 27.3 Å². The van der Waals surface area contributed by atoms with Gasteiger partial charge >= 0.3 is 0 Å². The van der Waals surface area contributed by atoms with Crippen LogP contribution in [0, 0.1) is 13.8 Å². The average molecular weight is 432 g/mol. The molecule has 0 spiro atoms. The molecule has 8 heteroatoms. The van der Waals surface area contributed by atoms with Gasteiger partial charge in [-0.25, -0.2) is 8.42 Å². The Morgan fingerprint density at radius 1 is 1.00 bits per heavy atom. The van der Waals surface area contributed by atoms with Crippen molar-refractivity contribution in [1.82, 2.24) is 4.90 Å². The van der Waals surface area contributed by atoms with E-state index in [4.69, 9.17) is 4.74 Å². The van der Waals surface area contributed by atoms with Crippen molar-refractivity contribution < 1.29 is 17.9 Å². The Kier molecular flexibility index (Phi) is 6.55. The fraction of sp³-hybridized carbons (Fsp3) is 0.409. The second-order valence-electron chi connectivity index (χ2n) is 7.55. The third-order valence-electron chi connectivity index (χ3n) is 5.43. The summed E-state index contributed by atoms with van der Waals surface area (Å²) in [6.07, 6.45) is 1.14. The second kappa shape index (κ2) is 8.95. The van der Waals surface area contributed by atoms with Gasteiger partial charge in [0.05, 0.1) is 24.7 Å². The van der Waals surface area contributed by atoms with Gasteiger partial charge in [-0.1, -0.05) is 30.3 Å². The van der Waals surface area contributed by atoms with Crippen LogP contribution in [0.4, 0.5) is 11.4 Å². The van der Waals surface area contributed by atoms with E-state index < -0.39 is 10.0 Å². The van der Waals surface area contributed by atoms with Crippen molar-refractivity contribution in [2.24, 2.45) is 0 Å². The highest BCUT2D eigenvalue weighted by molar-refractivity contribution is 7.92. The molecule has 0 saturated carbocycles. The molecule has 0 atom stereocenters. The maximum Gasteiger partial charge on any atom is 0.243 e. The van der Waals surface area contributed by atoms with Crippen molar-refractivity contribution in [3.05, 3.63) is 53.6 Å². The van der Waals surface area contributed by atoms with Crippen molar-refractivity contribution in [2.75, 3.05) is 55.3 Å². The number of rotatable bonds is 6. The van der Waals surface area contributed by atoms with Gasteiger partial charge in [-0.15, -0.1) is 0 Å². The zero-order valence-electron chi connectivity index (χ0n) is 18.0. The SMILES string of the molecule is COc1ccccc1N1CCN(C(=O)CN(c2c(C)cccc2C)S(C)(=O)=O)CC1. The number of carbonyl (C=O) groups is 1. The summed E-state index contributed by atoms with van der Waals surface area (Å²) in [6.45, 7) is 5.90. The highest BCUT2D eigenvalue weighted by Crippen LogP contribution is 2.29. The summed E-state index contributed by atoms with van der Waals surface area (Å²) in [7, 11) is -1.96. The van der Waals surface area contributed by atoms with Crippen LogP contribution in [-0.2, 0) is 14.8 Å². The number of methoxy groups -OCH3 is 1. The fourth-order valence-corrected chi connectivity index (χ4v) is 4.84. The summed E-state index contributed by atoms with van der Waals surface area (Å²) >= 11 is 0. The molecule has 1 aliphatic rings. The number of nitrogens with zero attached hydrogens (tertiary/aromatic N) is 3. The molecule has 3 rings (SSSR count). The molecule has 0 aliphatic carbocycles. The first-order chi connectivity index (χ1) is 14.2. The number of piperazine rings is 1. The van der Waals surface area contributed by atoms with Gasteiger partial charge in [0.15, 0.2) is 0 Å². The van der Waals surface area contributed by atoms with E-state index in [1.165, 1.54) is 4.31 Å². The van der Waals surface area contributed by atoms with E-state index in [1.807, 2.05) is 56.3 Å². The number of aryl methyl sites for hydroxylation is 2. The molecule has 1 fully saturated rings. The molecular weight excluding hydrogens is 402 g/mol. The molecule has 1 saturated heterocycles. The Bertz CT molecular complexity index is 995. The number of hydrogen-bond acceptors (Lipinski definition) is 5. The molecule has 1 amide bonds. The van der Waals surface area contributed by atoms with Crippen LogP contribution in [0.15, 0.2) is 42.5 Å². The summed E-state index contributed by atoms with van der Waals surface area (Å²) in [5.74, 6) is 0.610. The standard InChI is InChI=1S/C22H29N3O4S/c1-17-8-7-9-18(2)22(17)25(30(4,27)28)16-21(26)24-14-12-23(13-15-24)19-10-5-6-11-20(19)29-3/h5-11H,12-16H2,1-4H3. The van der Waals surface area contributed by atoms with Crippen molar-refractivity contribution in [1.29, 1.82) is 0 Å². The van der Waals surface area contributed by atoms with E-state index in [9.17, 15) is 13.2 Å². The molecule has 0 unspecified atom stereocenters. The smallest absolute Gasteiger partial charge is 0.243 e. The molecule has 30 heavy (non-hydrogen) atoms. The zero-order chi connectivity index (χ0) is 21.9. The first-order valence-electron chi connectivity index (χ1n) is 9.92. The van der Waals surface area contributed by atoms with Gasteiger partial charge < -0.3 is 14.5 Å². The van der Waals surface area contributed by atoms with Gasteiger partial charge in [0.2, 0.25) is 15.9 Å². The van der Waals surface area contributed by atoms with Crippen LogP contribution < -0.4 is 13.9 Å². The predicted molar refractivity (Wildman–Crippen MR) is 120 cm³/mol. The van der Waals surface area contributed by atoms with Gasteiger partial charge in [-0.05, 0) is 37.1 Å². The lowest BCUT2D eigenvalue weighted by Crippen LogP contribution is -2.52. The minimum absolute atomic E-state index is 0.192. The lowest BCUT2D eigenvalue weighted by atomic mass is 10.1. The number of carbonyl (C=O) groups excluding carboxylic acids is 1. The van der Waals surface area contributed by atoms with E-state index in [-0.39, 0.29) is 12.5 Å². The summed E-state index contributed by atoms with van der Waals surface area (Å²) in [6, 6.07) is 13.4. The van der Waals surface area contributed by atoms with Crippen molar-refractivity contribution in [3.8, 4) is 5.75 Å². The van der Waals surface area contributed by atoms with Gasteiger partial charge in [0.1, 0.15) is 12.3 Å². The minimum Gasteiger partial charge on any atom is -0.495 e. The first kappa shape index (κ1) is 22.0. The normalized spacial score (nSPS) is 14.5. The lowest BCUT2D eigenvalue weighted by Gasteiger charge is -2.37. The van der Waals surface area contributed by atoms with Crippen molar-refractivity contribution in [3.63, 3.8) is 0 Å². The van der Waals surface area contributed by atoms with Gasteiger partial charge in [-0.2, -0.15) is 0 Å². The fourth-order valence-electron chi connectivity index (χ4n) is 3.87. The number of para-hydroxylation sites is 3. The average Bonchev–Trinajstić information content (AvgIpc) is 2.72. The van der Waals surface area contributed by atoms with Gasteiger partial charge in [-0.3, -0.25) is 9.10 Å². The van der Waals surface area contributed by atoms with Crippen LogP contribution >= 0.6 is 0 Å². The summed E-state index contributed by atoms with van der Waals surface area (Å²) < 4.78 is 31.7. The molecule has 0 radical (unpaired) electrons. The van der Waals surface area contributed by atoms with Crippen LogP contribution in [-0.4, -0.2) is 65.3 Å². The monoisotopic (exact) mass is 431 g/mol. The van der Waals surface area contributed by atoms with Gasteiger partial charge in [0.25, 0.3) is 0 Å². The molecule has 0 N–H and O–H groups in total. The lowest BCUT2D eigenvalue weighted by molar-refractivity contribution is -0.129. The van der Waals surface area contributed by atoms with Crippen LogP contribution in [0.3, 0.4) is 0 Å². The molecule has 1 aliphatic heterocycles. The number of hydrogen-bond donors (Lipinski definition) is 0. The summed E-state index contributed by atoms with van der Waals surface area (Å²) in [4.78, 5) is 16.9. The van der Waals surface area contributed by atoms with Crippen LogP contribution in [0.25, 0.3) is 0 Å². The Morgan fingerprint density at radius 3 is 2.17 bits per heavy atom. The van der Waals surface area contributed by atoms with Crippen molar-refractivity contribution in [2.45, 2.75) is 13.8 Å². The molecule has 0 aromatic heterocycles. The third kappa shape index (κ3) is 4.70. The molecular formula is C22H29N3O4S. The first-order valence-corrected chi connectivity index (χ1v) is 11.8. The predicted octanol–water partition coefficient (Wildman–Crippen LogP) is 2.43. The zero-order valence-corrected chi connectivity index (χ0v) is 18.8. The largest absolute Gasteiger partial charge is 0.495 e. The number of anilines is 2. The number of sulfonamides is 1. The Morgan fingerprint density at radius 2 is 1.60 bits per heavy atom. The van der Waals surface area contributed by atoms with Gasteiger partial charge in [0, 0.05) is 26.2 Å². The number of amides is 1. The van der Waals surface area contributed by atoms with E-state index >= 15 is 0 Å². The third-order valence-corrected chi connectivity index (χ3v) is 6.54. The van der Waals surface area contributed by atoms with E-state index in [1.54, 1.807) is 12.0 Å². The molecule has 2 aromatic carbocycles. The number of ether oxygens (including phenoxy) is 1. The van der Waals surface area contributed by atoms with E-state index in [2.05, 4.69) is 4.90 Å². The van der Waals surface area contributed by atoms with Crippen LogP contribution in [0.2, 0.25) is 0 Å². The maximum absolute atomic E-state index is 13.0. The molecule has 2 aromatic rings. The van der Waals surface area contributed by atoms with Crippen LogP contribution in [0.5, 0.6) is 5.75 Å². The minimum atomic E-state index is -3.60. The molecule has 7 nitrogen and oxygen atoms in total. The van der Waals surface area contributed by atoms with Crippen LogP contribution in [0.1, 0.15) is 11.1 Å². The number of benzene rings is 2. The Hall–Kier alpha value is -2.74. The molecule has 162 valence electrons. The molecule has 1 heterocycles. The highest BCUT2D eigenvalue weighted by atomic mass is 32.2. The topological polar surface area (TPSA) is 70.2 Å². The summed E-state index contributed by atoms with van der Waals surface area (Å²) in [5.41, 5.74) is 3.24. The van der Waals surface area contributed by atoms with E-state index in [0.717, 1.165) is 28.8 Å². The maximum atomic E-state index is 13.0. The Labute approximate surface area is 178 Å².